The molecule has 0 aliphatic heterocycles. The Labute approximate surface area is 110 Å². The first-order valence-corrected chi connectivity index (χ1v) is 6.68. The molecular weight excluding hydrogens is 216 g/mol. The molecule has 0 heteroatoms. The van der Waals surface area contributed by atoms with Crippen molar-refractivity contribution in [2.24, 2.45) is 0 Å². The quantitative estimate of drug-likeness (QED) is 0.696. The largest absolute Gasteiger partial charge is 0.0795 e. The Morgan fingerprint density at radius 2 is 1.61 bits per heavy atom. The van der Waals surface area contributed by atoms with E-state index in [0.717, 1.165) is 6.42 Å². The summed E-state index contributed by atoms with van der Waals surface area (Å²) in [5, 5.41) is 0. The maximum absolute atomic E-state index is 2.20. The number of rotatable bonds is 2. The molecule has 1 aliphatic carbocycles. The van der Waals surface area contributed by atoms with Gasteiger partial charge in [0.15, 0.2) is 0 Å². The van der Waals surface area contributed by atoms with Gasteiger partial charge in [0.25, 0.3) is 0 Å². The highest BCUT2D eigenvalue weighted by atomic mass is 14.0. The van der Waals surface area contributed by atoms with Crippen LogP contribution in [0.2, 0.25) is 0 Å². The van der Waals surface area contributed by atoms with Crippen LogP contribution in [-0.2, 0) is 12.8 Å². The Kier molecular flexibility index (Phi) is 4.78. The van der Waals surface area contributed by atoms with Crippen LogP contribution < -0.4 is 0 Å². The smallest absolute Gasteiger partial charge is 0.00882 e. The molecule has 0 saturated heterocycles. The van der Waals surface area contributed by atoms with Gasteiger partial charge in [0.05, 0.1) is 0 Å². The molecule has 3 rings (SSSR count). The van der Waals surface area contributed by atoms with E-state index in [0.29, 0.717) is 0 Å². The number of hydrogen-bond donors (Lipinski definition) is 0. The van der Waals surface area contributed by atoms with Crippen molar-refractivity contribution in [3.63, 3.8) is 0 Å². The monoisotopic (exact) mass is 236 g/mol. The predicted octanol–water partition coefficient (Wildman–Crippen LogP) is 4.90. The van der Waals surface area contributed by atoms with Crippen molar-refractivity contribution >= 4 is 6.08 Å². The topological polar surface area (TPSA) is 0 Å². The van der Waals surface area contributed by atoms with Crippen molar-refractivity contribution in [2.75, 3.05) is 0 Å². The minimum Gasteiger partial charge on any atom is -0.0795 e. The van der Waals surface area contributed by atoms with E-state index >= 15 is 0 Å². The van der Waals surface area contributed by atoms with Gasteiger partial charge >= 0.3 is 0 Å². The minimum absolute atomic E-state index is 1.12. The Bertz CT molecular complexity index is 494. The van der Waals surface area contributed by atoms with Crippen molar-refractivity contribution < 1.29 is 0 Å². The highest BCUT2D eigenvalue weighted by molar-refractivity contribution is 5.59. The number of fused-ring (bicyclic) bond motifs is 1. The number of aryl methyl sites for hydroxylation is 1. The zero-order chi connectivity index (χ0) is 12.6. The first-order valence-electron chi connectivity index (χ1n) is 6.68. The van der Waals surface area contributed by atoms with Crippen LogP contribution in [0.15, 0.2) is 60.7 Å². The maximum atomic E-state index is 2.20. The van der Waals surface area contributed by atoms with Crippen molar-refractivity contribution in [1.82, 2.24) is 0 Å². The molecule has 0 aromatic heterocycles. The molecule has 0 spiro atoms. The second kappa shape index (κ2) is 6.80. The SMILES string of the molecule is C1=Cc2ccccc2C1.CCCc1ccccc1. The van der Waals surface area contributed by atoms with Crippen LogP contribution in [-0.4, -0.2) is 0 Å². The molecule has 2 aromatic rings. The highest BCUT2D eigenvalue weighted by Crippen LogP contribution is 2.17. The van der Waals surface area contributed by atoms with Crippen LogP contribution in [0.5, 0.6) is 0 Å². The molecule has 0 amide bonds. The van der Waals surface area contributed by atoms with Crippen LogP contribution in [0.4, 0.5) is 0 Å². The lowest BCUT2D eigenvalue weighted by atomic mass is 10.1. The third-order valence-corrected chi connectivity index (χ3v) is 3.07. The first-order chi connectivity index (χ1) is 8.90. The molecule has 0 fully saturated rings. The summed E-state index contributed by atoms with van der Waals surface area (Å²) in [4.78, 5) is 0. The van der Waals surface area contributed by atoms with E-state index in [1.165, 1.54) is 29.5 Å². The normalized spacial score (nSPS) is 11.6. The maximum Gasteiger partial charge on any atom is -0.00882 e. The molecule has 0 atom stereocenters. The molecule has 0 saturated carbocycles. The summed E-state index contributed by atoms with van der Waals surface area (Å²) in [6.07, 6.45) is 7.95. The third-order valence-electron chi connectivity index (χ3n) is 3.07. The van der Waals surface area contributed by atoms with Crippen LogP contribution in [0.25, 0.3) is 6.08 Å². The predicted molar refractivity (Wildman–Crippen MR) is 79.6 cm³/mol. The fraction of sp³-hybridized carbons (Fsp3) is 0.222. The van der Waals surface area contributed by atoms with Crippen molar-refractivity contribution in [3.05, 3.63) is 77.4 Å². The van der Waals surface area contributed by atoms with Gasteiger partial charge < -0.3 is 0 Å². The van der Waals surface area contributed by atoms with Crippen LogP contribution in [0.1, 0.15) is 30.0 Å². The van der Waals surface area contributed by atoms with Gasteiger partial charge in [0, 0.05) is 0 Å². The lowest BCUT2D eigenvalue weighted by Gasteiger charge is -1.93. The fourth-order valence-electron chi connectivity index (χ4n) is 2.13. The average Bonchev–Trinajstić information content (AvgIpc) is 2.89. The van der Waals surface area contributed by atoms with E-state index in [-0.39, 0.29) is 0 Å². The van der Waals surface area contributed by atoms with Gasteiger partial charge in [-0.15, -0.1) is 0 Å². The Morgan fingerprint density at radius 1 is 0.889 bits per heavy atom. The average molecular weight is 236 g/mol. The number of allylic oxidation sites excluding steroid dienone is 1. The van der Waals surface area contributed by atoms with E-state index in [9.17, 15) is 0 Å². The van der Waals surface area contributed by atoms with Crippen LogP contribution in [0.3, 0.4) is 0 Å². The lowest BCUT2D eigenvalue weighted by molar-refractivity contribution is 0.922. The van der Waals surface area contributed by atoms with Crippen molar-refractivity contribution in [2.45, 2.75) is 26.2 Å². The summed E-state index contributed by atoms with van der Waals surface area (Å²) < 4.78 is 0. The van der Waals surface area contributed by atoms with Gasteiger partial charge in [-0.1, -0.05) is 80.1 Å². The van der Waals surface area contributed by atoms with Gasteiger partial charge in [-0.3, -0.25) is 0 Å². The molecule has 92 valence electrons. The van der Waals surface area contributed by atoms with E-state index in [4.69, 9.17) is 0 Å². The lowest BCUT2D eigenvalue weighted by Crippen LogP contribution is -1.78. The van der Waals surface area contributed by atoms with Gasteiger partial charge in [-0.2, -0.15) is 0 Å². The molecule has 0 N–H and O–H groups in total. The Morgan fingerprint density at radius 3 is 2.33 bits per heavy atom. The first kappa shape index (κ1) is 12.6. The second-order valence-corrected chi connectivity index (χ2v) is 4.54. The van der Waals surface area contributed by atoms with E-state index in [1.54, 1.807) is 0 Å². The Balaban J connectivity index is 0.000000134. The number of hydrogen-bond acceptors (Lipinski definition) is 0. The van der Waals surface area contributed by atoms with E-state index in [2.05, 4.69) is 73.7 Å². The van der Waals surface area contributed by atoms with Gasteiger partial charge in [0.1, 0.15) is 0 Å². The number of benzene rings is 2. The van der Waals surface area contributed by atoms with E-state index in [1.807, 2.05) is 0 Å². The van der Waals surface area contributed by atoms with Crippen LogP contribution >= 0.6 is 0 Å². The standard InChI is InChI=1S/C9H8.C9H12/c1-2-5-9-7-3-6-8(9)4-1;1-2-6-9-7-4-3-5-8-9/h1-6H,7H2;3-5,7-8H,2,6H2,1H3. The molecular formula is C18H20. The zero-order valence-electron chi connectivity index (χ0n) is 11.0. The Hall–Kier alpha value is -1.82. The van der Waals surface area contributed by atoms with Crippen LogP contribution in [0, 0.1) is 0 Å². The summed E-state index contributed by atoms with van der Waals surface area (Å²) >= 11 is 0. The van der Waals surface area contributed by atoms with Gasteiger partial charge in [0.2, 0.25) is 0 Å². The minimum atomic E-state index is 1.12. The molecule has 0 nitrogen and oxygen atoms in total. The van der Waals surface area contributed by atoms with Crippen molar-refractivity contribution in [3.8, 4) is 0 Å². The summed E-state index contributed by atoms with van der Waals surface area (Å²) in [6.45, 7) is 2.20. The fourth-order valence-corrected chi connectivity index (χ4v) is 2.13. The van der Waals surface area contributed by atoms with Gasteiger partial charge in [-0.25, -0.2) is 0 Å². The molecule has 0 bridgehead atoms. The summed E-state index contributed by atoms with van der Waals surface area (Å²) in [5.41, 5.74) is 4.29. The summed E-state index contributed by atoms with van der Waals surface area (Å²) in [6, 6.07) is 19.1. The van der Waals surface area contributed by atoms with Crippen molar-refractivity contribution in [1.29, 1.82) is 0 Å². The zero-order valence-corrected chi connectivity index (χ0v) is 11.0. The highest BCUT2D eigenvalue weighted by Gasteiger charge is 2.00. The van der Waals surface area contributed by atoms with E-state index < -0.39 is 0 Å². The molecule has 0 heterocycles. The molecule has 0 radical (unpaired) electrons. The molecule has 1 aliphatic rings. The van der Waals surface area contributed by atoms with Gasteiger partial charge in [-0.05, 0) is 29.5 Å². The molecule has 18 heavy (non-hydrogen) atoms. The third kappa shape index (κ3) is 3.59. The second-order valence-electron chi connectivity index (χ2n) is 4.54. The molecule has 0 unspecified atom stereocenters. The molecule has 2 aromatic carbocycles. The summed E-state index contributed by atoms with van der Waals surface area (Å²) in [7, 11) is 0. The summed E-state index contributed by atoms with van der Waals surface area (Å²) in [5.74, 6) is 0.